The van der Waals surface area contributed by atoms with Crippen LogP contribution in [0, 0.1) is 0 Å². The van der Waals surface area contributed by atoms with E-state index in [2.05, 4.69) is 0 Å². The van der Waals surface area contributed by atoms with Crippen LogP contribution in [0.15, 0.2) is 0 Å². The number of hydrogen-bond acceptors (Lipinski definition) is 0. The van der Waals surface area contributed by atoms with Crippen molar-refractivity contribution in [2.75, 3.05) is 0 Å². The van der Waals surface area contributed by atoms with Gasteiger partial charge in [-0.2, -0.15) is 0 Å². The van der Waals surface area contributed by atoms with Crippen LogP contribution in [0.3, 0.4) is 0 Å². The summed E-state index contributed by atoms with van der Waals surface area (Å²) in [5, 5.41) is 0. The summed E-state index contributed by atoms with van der Waals surface area (Å²) >= 11 is 0. The van der Waals surface area contributed by atoms with Crippen LogP contribution in [-0.4, -0.2) is 11.0 Å². The van der Waals surface area contributed by atoms with E-state index in [0.29, 0.717) is 0 Å². The van der Waals surface area contributed by atoms with Gasteiger partial charge in [0.05, 0.1) is 0 Å². The summed E-state index contributed by atoms with van der Waals surface area (Å²) in [5.41, 5.74) is 0. The van der Waals surface area contributed by atoms with Gasteiger partial charge in [-0.15, -0.1) is 0 Å². The van der Waals surface area contributed by atoms with Gasteiger partial charge in [-0.25, -0.2) is 0 Å². The molecule has 0 spiro atoms. The van der Waals surface area contributed by atoms with Gasteiger partial charge in [0.1, 0.15) is 0 Å². The molecule has 4 heteroatoms. The Morgan fingerprint density at radius 2 is 0.600 bits per heavy atom. The van der Waals surface area contributed by atoms with Crippen LogP contribution in [0.2, 0.25) is 0 Å². The minimum Gasteiger partial charge on any atom is -0.412 e. The van der Waals surface area contributed by atoms with Gasteiger partial charge in [-0.3, -0.25) is 0 Å². The summed E-state index contributed by atoms with van der Waals surface area (Å²) in [6.07, 6.45) is 0. The van der Waals surface area contributed by atoms with Crippen molar-refractivity contribution in [1.82, 2.24) is 0 Å². The standard InChI is InChI=1S/CH4.2Cu.2H2O/h1H4;;;2*1H2. The maximum atomic E-state index is 0. The molecule has 0 fully saturated rings. The van der Waals surface area contributed by atoms with Crippen molar-refractivity contribution in [3.8, 4) is 0 Å². The topological polar surface area (TPSA) is 63.0 Å². The normalized spacial score (nSPS) is 0. The summed E-state index contributed by atoms with van der Waals surface area (Å²) < 4.78 is 0. The molecular weight excluding hydrogens is 171 g/mol. The Labute approximate surface area is 52.9 Å². The number of hydrogen-bond donors (Lipinski definition) is 0. The molecule has 0 bridgehead atoms. The fraction of sp³-hybridized carbons (Fsp3) is 1.00. The van der Waals surface area contributed by atoms with Crippen LogP contribution in [0.4, 0.5) is 0 Å². The average Bonchev–Trinajstić information content (AvgIpc) is 0. The van der Waals surface area contributed by atoms with Crippen LogP contribution >= 0.6 is 0 Å². The predicted octanol–water partition coefficient (Wildman–Crippen LogP) is -1.02. The van der Waals surface area contributed by atoms with Crippen LogP contribution in [0.5, 0.6) is 0 Å². The second-order valence-electron chi connectivity index (χ2n) is 0. The van der Waals surface area contributed by atoms with Crippen molar-refractivity contribution >= 4 is 0 Å². The monoisotopic (exact) mass is 178 g/mol. The fourth-order valence-corrected chi connectivity index (χ4v) is 0. The van der Waals surface area contributed by atoms with E-state index < -0.39 is 0 Å². The van der Waals surface area contributed by atoms with Crippen LogP contribution in [-0.2, 0) is 34.1 Å². The summed E-state index contributed by atoms with van der Waals surface area (Å²) in [6.45, 7) is 0. The molecule has 0 rings (SSSR count). The van der Waals surface area contributed by atoms with Gasteiger partial charge >= 0.3 is 0 Å². The van der Waals surface area contributed by atoms with Crippen LogP contribution < -0.4 is 0 Å². The summed E-state index contributed by atoms with van der Waals surface area (Å²) in [5.74, 6) is 0. The van der Waals surface area contributed by atoms with E-state index in [-0.39, 0.29) is 52.5 Å². The minimum atomic E-state index is 0. The Bertz CT molecular complexity index is 7.61. The quantitative estimate of drug-likeness (QED) is 0.427. The predicted molar refractivity (Wildman–Crippen MR) is 14.0 cm³/mol. The third-order valence-corrected chi connectivity index (χ3v) is 0. The third-order valence-electron chi connectivity index (χ3n) is 0. The van der Waals surface area contributed by atoms with E-state index in [9.17, 15) is 0 Å². The molecule has 4 N–H and O–H groups in total. The molecular formula is CH8Cu2O2. The van der Waals surface area contributed by atoms with Gasteiger partial charge in [0.15, 0.2) is 0 Å². The Morgan fingerprint density at radius 3 is 0.600 bits per heavy atom. The summed E-state index contributed by atoms with van der Waals surface area (Å²) in [4.78, 5) is 0. The Kier molecular flexibility index (Phi) is 2690. The fourth-order valence-electron chi connectivity index (χ4n) is 0. The summed E-state index contributed by atoms with van der Waals surface area (Å²) in [7, 11) is 0. The molecule has 0 atom stereocenters. The number of rotatable bonds is 0. The van der Waals surface area contributed by atoms with Crippen molar-refractivity contribution in [3.63, 3.8) is 0 Å². The first-order chi connectivity index (χ1) is 0. The second-order valence-corrected chi connectivity index (χ2v) is 0. The molecule has 0 aromatic heterocycles. The molecule has 0 unspecified atom stereocenters. The van der Waals surface area contributed by atoms with Crippen molar-refractivity contribution in [2.45, 2.75) is 7.43 Å². The smallest absolute Gasteiger partial charge is 0 e. The minimum absolute atomic E-state index is 0. The van der Waals surface area contributed by atoms with Crippen molar-refractivity contribution in [2.24, 2.45) is 0 Å². The zero-order valence-corrected chi connectivity index (χ0v) is 3.49. The van der Waals surface area contributed by atoms with E-state index in [0.717, 1.165) is 0 Å². The van der Waals surface area contributed by atoms with E-state index >= 15 is 0 Å². The Balaban J connectivity index is 0. The first kappa shape index (κ1) is 159. The molecule has 0 aliphatic carbocycles. The molecule has 2 nitrogen and oxygen atoms in total. The molecule has 0 heterocycles. The second kappa shape index (κ2) is 84.5. The molecule has 0 aromatic rings. The van der Waals surface area contributed by atoms with Crippen molar-refractivity contribution in [3.05, 3.63) is 0 Å². The largest absolute Gasteiger partial charge is 0.412 e. The molecule has 0 aromatic carbocycles. The third kappa shape index (κ3) is 47.2. The van der Waals surface area contributed by atoms with Gasteiger partial charge in [-0.05, 0) is 0 Å². The van der Waals surface area contributed by atoms with Gasteiger partial charge < -0.3 is 11.0 Å². The maximum absolute atomic E-state index is 0. The first-order valence-electron chi connectivity index (χ1n) is 0. The van der Waals surface area contributed by atoms with Gasteiger partial charge in [0.2, 0.25) is 0 Å². The molecule has 0 saturated carbocycles. The van der Waals surface area contributed by atoms with Crippen LogP contribution in [0.1, 0.15) is 7.43 Å². The Hall–Kier alpha value is 0.959. The molecule has 5 heavy (non-hydrogen) atoms. The molecule has 46 valence electrons. The van der Waals surface area contributed by atoms with E-state index in [1.807, 2.05) is 0 Å². The summed E-state index contributed by atoms with van der Waals surface area (Å²) in [6, 6.07) is 0. The van der Waals surface area contributed by atoms with Gasteiger partial charge in [0, 0.05) is 34.1 Å². The van der Waals surface area contributed by atoms with Crippen LogP contribution in [0.25, 0.3) is 0 Å². The Morgan fingerprint density at radius 1 is 0.600 bits per heavy atom. The maximum Gasteiger partial charge on any atom is 0 e. The zero-order chi connectivity index (χ0) is 0. The van der Waals surface area contributed by atoms with E-state index in [1.54, 1.807) is 0 Å². The van der Waals surface area contributed by atoms with Gasteiger partial charge in [0.25, 0.3) is 0 Å². The van der Waals surface area contributed by atoms with E-state index in [1.165, 1.54) is 0 Å². The zero-order valence-electron chi connectivity index (χ0n) is 1.60. The van der Waals surface area contributed by atoms with Gasteiger partial charge in [-0.1, -0.05) is 7.43 Å². The molecule has 0 saturated heterocycles. The van der Waals surface area contributed by atoms with Crippen molar-refractivity contribution < 1.29 is 45.1 Å². The van der Waals surface area contributed by atoms with Crippen molar-refractivity contribution in [1.29, 1.82) is 0 Å². The average molecular weight is 179 g/mol. The molecule has 2 radical (unpaired) electrons. The first-order valence-corrected chi connectivity index (χ1v) is 0. The SMILES string of the molecule is C.O.O.[Cu].[Cu]. The molecule has 0 aliphatic heterocycles. The van der Waals surface area contributed by atoms with E-state index in [4.69, 9.17) is 0 Å². The molecule has 0 aliphatic rings. The molecule has 0 amide bonds.